The lowest BCUT2D eigenvalue weighted by Crippen LogP contribution is -2.35. The summed E-state index contributed by atoms with van der Waals surface area (Å²) < 4.78 is 43.4. The number of carbonyl (C=O) groups is 2. The Kier molecular flexibility index (Phi) is 5.30. The Bertz CT molecular complexity index is 921. The quantitative estimate of drug-likeness (QED) is 0.818. The maximum absolute atomic E-state index is 12.7. The molecule has 3 heterocycles. The summed E-state index contributed by atoms with van der Waals surface area (Å²) in [6, 6.07) is 4.21. The minimum absolute atomic E-state index is 0.206. The van der Waals surface area contributed by atoms with Crippen LogP contribution in [-0.4, -0.2) is 41.0 Å². The number of amides is 2. The van der Waals surface area contributed by atoms with E-state index in [1.165, 1.54) is 23.5 Å². The standard InChI is InChI=1S/C19H18F3N3O3S/c20-19(21,22)12-5-3-11(4-6-12)17(27)25-8-7-13-15(10-25)29-18(23-13)24-16(26)14-2-1-9-28-14/h3-6,14H,1-2,7-10H2,(H,23,24,26). The lowest BCUT2D eigenvalue weighted by molar-refractivity contribution is -0.137. The fourth-order valence-electron chi connectivity index (χ4n) is 3.38. The van der Waals surface area contributed by atoms with Crippen LogP contribution in [0.2, 0.25) is 0 Å². The Morgan fingerprint density at radius 2 is 2.00 bits per heavy atom. The normalized spacial score (nSPS) is 19.1. The van der Waals surface area contributed by atoms with Crippen LogP contribution in [0.15, 0.2) is 24.3 Å². The fourth-order valence-corrected chi connectivity index (χ4v) is 4.40. The number of rotatable bonds is 3. The SMILES string of the molecule is O=C(Nc1nc2c(s1)CN(C(=O)c1ccc(C(F)(F)F)cc1)CC2)C1CCCO1. The average Bonchev–Trinajstić information content (AvgIpc) is 3.35. The first-order chi connectivity index (χ1) is 13.8. The van der Waals surface area contributed by atoms with Gasteiger partial charge in [0.1, 0.15) is 6.10 Å². The molecule has 154 valence electrons. The van der Waals surface area contributed by atoms with Crippen molar-refractivity contribution < 1.29 is 27.5 Å². The molecule has 1 atom stereocenters. The van der Waals surface area contributed by atoms with Gasteiger partial charge in [-0.2, -0.15) is 13.2 Å². The van der Waals surface area contributed by atoms with Gasteiger partial charge in [-0.1, -0.05) is 11.3 Å². The number of thiazole rings is 1. The van der Waals surface area contributed by atoms with E-state index >= 15 is 0 Å². The molecule has 1 aromatic heterocycles. The van der Waals surface area contributed by atoms with Crippen molar-refractivity contribution in [2.24, 2.45) is 0 Å². The Hall–Kier alpha value is -2.46. The lowest BCUT2D eigenvalue weighted by atomic mass is 10.1. The Morgan fingerprint density at radius 1 is 1.24 bits per heavy atom. The first kappa shape index (κ1) is 19.8. The number of alkyl halides is 3. The molecule has 29 heavy (non-hydrogen) atoms. The van der Waals surface area contributed by atoms with Gasteiger partial charge in [-0.05, 0) is 37.1 Å². The van der Waals surface area contributed by atoms with Crippen LogP contribution in [-0.2, 0) is 28.7 Å². The second-order valence-electron chi connectivity index (χ2n) is 6.93. The van der Waals surface area contributed by atoms with E-state index in [4.69, 9.17) is 4.74 Å². The van der Waals surface area contributed by atoms with E-state index in [-0.39, 0.29) is 17.4 Å². The summed E-state index contributed by atoms with van der Waals surface area (Å²) in [5.41, 5.74) is 0.246. The van der Waals surface area contributed by atoms with Gasteiger partial charge < -0.3 is 9.64 Å². The number of hydrogen-bond donors (Lipinski definition) is 1. The molecule has 0 spiro atoms. The Morgan fingerprint density at radius 3 is 2.66 bits per heavy atom. The number of fused-ring (bicyclic) bond motifs is 1. The third-order valence-corrected chi connectivity index (χ3v) is 5.93. The number of halogens is 3. The highest BCUT2D eigenvalue weighted by atomic mass is 32.1. The molecule has 2 aliphatic heterocycles. The zero-order valence-corrected chi connectivity index (χ0v) is 16.1. The number of ether oxygens (including phenoxy) is 1. The van der Waals surface area contributed by atoms with Crippen molar-refractivity contribution >= 4 is 28.3 Å². The van der Waals surface area contributed by atoms with Crippen molar-refractivity contribution in [2.45, 2.75) is 38.1 Å². The molecule has 1 saturated heterocycles. The minimum Gasteiger partial charge on any atom is -0.368 e. The monoisotopic (exact) mass is 425 g/mol. The lowest BCUT2D eigenvalue weighted by Gasteiger charge is -2.26. The summed E-state index contributed by atoms with van der Waals surface area (Å²) in [6.07, 6.45) is -2.82. The molecule has 1 fully saturated rings. The van der Waals surface area contributed by atoms with Crippen molar-refractivity contribution in [3.63, 3.8) is 0 Å². The fraction of sp³-hybridized carbons (Fsp3) is 0.421. The number of benzene rings is 1. The molecule has 1 aromatic carbocycles. The van der Waals surface area contributed by atoms with Crippen molar-refractivity contribution in [1.82, 2.24) is 9.88 Å². The summed E-state index contributed by atoms with van der Waals surface area (Å²) in [5.74, 6) is -0.547. The molecule has 0 saturated carbocycles. The molecule has 6 nitrogen and oxygen atoms in total. The number of nitrogens with one attached hydrogen (secondary N) is 1. The predicted molar refractivity (Wildman–Crippen MR) is 99.6 cm³/mol. The summed E-state index contributed by atoms with van der Waals surface area (Å²) in [7, 11) is 0. The molecule has 2 aromatic rings. The molecule has 2 amide bonds. The van der Waals surface area contributed by atoms with E-state index in [0.717, 1.165) is 29.1 Å². The second kappa shape index (κ2) is 7.75. The highest BCUT2D eigenvalue weighted by Gasteiger charge is 2.31. The van der Waals surface area contributed by atoms with E-state index in [9.17, 15) is 22.8 Å². The molecule has 4 rings (SSSR count). The number of carbonyl (C=O) groups excluding carboxylic acids is 2. The molecule has 1 unspecified atom stereocenters. The molecular weight excluding hydrogens is 407 g/mol. The third-order valence-electron chi connectivity index (χ3n) is 4.93. The van der Waals surface area contributed by atoms with Gasteiger partial charge >= 0.3 is 6.18 Å². The van der Waals surface area contributed by atoms with Crippen LogP contribution in [0, 0.1) is 0 Å². The van der Waals surface area contributed by atoms with Crippen LogP contribution in [0.3, 0.4) is 0 Å². The van der Waals surface area contributed by atoms with E-state index in [0.29, 0.717) is 37.7 Å². The van der Waals surface area contributed by atoms with E-state index in [1.54, 1.807) is 4.90 Å². The maximum atomic E-state index is 12.7. The molecule has 2 aliphatic rings. The summed E-state index contributed by atoms with van der Waals surface area (Å²) in [5, 5.41) is 3.24. The zero-order valence-electron chi connectivity index (χ0n) is 15.3. The van der Waals surface area contributed by atoms with E-state index in [1.807, 2.05) is 0 Å². The third kappa shape index (κ3) is 4.27. The van der Waals surface area contributed by atoms with Gasteiger partial charge in [0.2, 0.25) is 0 Å². The van der Waals surface area contributed by atoms with Crippen LogP contribution < -0.4 is 5.32 Å². The zero-order chi connectivity index (χ0) is 20.6. The highest BCUT2D eigenvalue weighted by molar-refractivity contribution is 7.15. The van der Waals surface area contributed by atoms with Crippen molar-refractivity contribution in [2.75, 3.05) is 18.5 Å². The number of aromatic nitrogens is 1. The van der Waals surface area contributed by atoms with Crippen LogP contribution in [0.5, 0.6) is 0 Å². The molecule has 10 heteroatoms. The number of hydrogen-bond acceptors (Lipinski definition) is 5. The first-order valence-electron chi connectivity index (χ1n) is 9.19. The number of nitrogens with zero attached hydrogens (tertiary/aromatic N) is 2. The molecule has 0 radical (unpaired) electrons. The van der Waals surface area contributed by atoms with Crippen LogP contribution in [0.4, 0.5) is 18.3 Å². The van der Waals surface area contributed by atoms with E-state index < -0.39 is 17.8 Å². The van der Waals surface area contributed by atoms with Gasteiger partial charge in [0, 0.05) is 30.0 Å². The molecule has 1 N–H and O–H groups in total. The van der Waals surface area contributed by atoms with Crippen LogP contribution >= 0.6 is 11.3 Å². The Balaban J connectivity index is 1.42. The van der Waals surface area contributed by atoms with E-state index in [2.05, 4.69) is 10.3 Å². The van der Waals surface area contributed by atoms with Gasteiger partial charge in [0.25, 0.3) is 11.8 Å². The minimum atomic E-state index is -4.44. The summed E-state index contributed by atoms with van der Waals surface area (Å²) in [4.78, 5) is 31.7. The van der Waals surface area contributed by atoms with Crippen LogP contribution in [0.25, 0.3) is 0 Å². The first-order valence-corrected chi connectivity index (χ1v) is 10.0. The Labute approximate surface area is 168 Å². The van der Waals surface area contributed by atoms with Gasteiger partial charge in [-0.15, -0.1) is 0 Å². The summed E-state index contributed by atoms with van der Waals surface area (Å²) in [6.45, 7) is 1.30. The van der Waals surface area contributed by atoms with Crippen molar-refractivity contribution in [3.05, 3.63) is 46.0 Å². The van der Waals surface area contributed by atoms with Crippen molar-refractivity contribution in [1.29, 1.82) is 0 Å². The van der Waals surface area contributed by atoms with Gasteiger partial charge in [0.05, 0.1) is 17.8 Å². The van der Waals surface area contributed by atoms with Gasteiger partial charge in [-0.25, -0.2) is 4.98 Å². The predicted octanol–water partition coefficient (Wildman–Crippen LogP) is 3.48. The largest absolute Gasteiger partial charge is 0.416 e. The van der Waals surface area contributed by atoms with Crippen molar-refractivity contribution in [3.8, 4) is 0 Å². The highest BCUT2D eigenvalue weighted by Crippen LogP contribution is 2.31. The van der Waals surface area contributed by atoms with Gasteiger partial charge in [-0.3, -0.25) is 14.9 Å². The number of anilines is 1. The smallest absolute Gasteiger partial charge is 0.368 e. The average molecular weight is 425 g/mol. The van der Waals surface area contributed by atoms with Gasteiger partial charge in [0.15, 0.2) is 5.13 Å². The maximum Gasteiger partial charge on any atom is 0.416 e. The molecule has 0 bridgehead atoms. The molecule has 0 aliphatic carbocycles. The summed E-state index contributed by atoms with van der Waals surface area (Å²) >= 11 is 1.30. The molecular formula is C19H18F3N3O3S. The second-order valence-corrected chi connectivity index (χ2v) is 8.02. The van der Waals surface area contributed by atoms with Crippen LogP contribution in [0.1, 0.15) is 39.3 Å². The topological polar surface area (TPSA) is 71.5 Å².